The molecular formula is C17H16O2. The van der Waals surface area contributed by atoms with Gasteiger partial charge in [0.15, 0.2) is 0 Å². The molecule has 2 heteroatoms. The number of esters is 1. The largest absolute Gasteiger partial charge is 0.426 e. The molecule has 0 radical (unpaired) electrons. The predicted octanol–water partition coefficient (Wildman–Crippen LogP) is 3.74. The number of ether oxygens (including phenoxy) is 1. The van der Waals surface area contributed by atoms with Crippen LogP contribution in [0.1, 0.15) is 34.6 Å². The van der Waals surface area contributed by atoms with Crippen molar-refractivity contribution in [3.8, 4) is 5.75 Å². The summed E-state index contributed by atoms with van der Waals surface area (Å²) in [5.74, 6) is 0.658. The first-order valence-corrected chi connectivity index (χ1v) is 6.51. The van der Waals surface area contributed by atoms with E-state index < -0.39 is 0 Å². The van der Waals surface area contributed by atoms with Crippen molar-refractivity contribution >= 4 is 5.97 Å². The van der Waals surface area contributed by atoms with Crippen molar-refractivity contribution in [2.75, 3.05) is 0 Å². The Morgan fingerprint density at radius 3 is 2.42 bits per heavy atom. The highest BCUT2D eigenvalue weighted by atomic mass is 16.5. The molecule has 19 heavy (non-hydrogen) atoms. The van der Waals surface area contributed by atoms with Gasteiger partial charge in [-0.2, -0.15) is 0 Å². The van der Waals surface area contributed by atoms with Crippen LogP contribution in [0.15, 0.2) is 42.5 Å². The van der Waals surface area contributed by atoms with Crippen molar-refractivity contribution in [3.05, 3.63) is 64.7 Å². The smallest absolute Gasteiger partial charge is 0.312 e. The molecule has 0 aliphatic carbocycles. The molecule has 1 aliphatic rings. The maximum absolute atomic E-state index is 11.7. The number of carbonyl (C=O) groups is 1. The van der Waals surface area contributed by atoms with E-state index in [0.29, 0.717) is 12.2 Å². The number of carbonyl (C=O) groups excluding carboxylic acids is 1. The first-order valence-electron chi connectivity index (χ1n) is 6.51. The van der Waals surface area contributed by atoms with Crippen molar-refractivity contribution in [3.63, 3.8) is 0 Å². The van der Waals surface area contributed by atoms with Crippen molar-refractivity contribution in [1.82, 2.24) is 0 Å². The first kappa shape index (κ1) is 12.0. The van der Waals surface area contributed by atoms with E-state index in [4.69, 9.17) is 4.74 Å². The number of fused-ring (bicyclic) bond motifs is 1. The molecule has 3 rings (SSSR count). The Bertz CT molecular complexity index is 626. The second kappa shape index (κ2) is 4.54. The van der Waals surface area contributed by atoms with E-state index in [-0.39, 0.29) is 11.9 Å². The zero-order valence-corrected chi connectivity index (χ0v) is 11.1. The number of aryl methyl sites for hydroxylation is 2. The van der Waals surface area contributed by atoms with Gasteiger partial charge in [0.05, 0.1) is 6.42 Å². The fourth-order valence-corrected chi connectivity index (χ4v) is 2.57. The van der Waals surface area contributed by atoms with Crippen LogP contribution in [0, 0.1) is 13.8 Å². The Balaban J connectivity index is 2.09. The Morgan fingerprint density at radius 1 is 1.00 bits per heavy atom. The summed E-state index contributed by atoms with van der Waals surface area (Å²) in [6.07, 6.45) is 0.416. The molecule has 1 aliphatic heterocycles. The van der Waals surface area contributed by atoms with Gasteiger partial charge in [-0.15, -0.1) is 0 Å². The predicted molar refractivity (Wildman–Crippen MR) is 74.5 cm³/mol. The van der Waals surface area contributed by atoms with Gasteiger partial charge in [-0.1, -0.05) is 47.5 Å². The molecule has 1 unspecified atom stereocenters. The minimum absolute atomic E-state index is 0.108. The van der Waals surface area contributed by atoms with Crippen molar-refractivity contribution in [1.29, 1.82) is 0 Å². The van der Waals surface area contributed by atoms with Gasteiger partial charge < -0.3 is 4.74 Å². The van der Waals surface area contributed by atoms with Crippen LogP contribution in [0.3, 0.4) is 0 Å². The van der Waals surface area contributed by atoms with Gasteiger partial charge >= 0.3 is 5.97 Å². The average molecular weight is 252 g/mol. The number of benzene rings is 2. The second-order valence-corrected chi connectivity index (χ2v) is 5.18. The number of rotatable bonds is 1. The van der Waals surface area contributed by atoms with Crippen LogP contribution in [0.25, 0.3) is 0 Å². The lowest BCUT2D eigenvalue weighted by molar-refractivity contribution is -0.135. The van der Waals surface area contributed by atoms with E-state index in [1.807, 2.05) is 12.1 Å². The highest BCUT2D eigenvalue weighted by molar-refractivity contribution is 5.77. The second-order valence-electron chi connectivity index (χ2n) is 5.18. The lowest BCUT2D eigenvalue weighted by Gasteiger charge is -2.25. The van der Waals surface area contributed by atoms with Crippen molar-refractivity contribution in [2.45, 2.75) is 26.2 Å². The molecule has 0 saturated heterocycles. The summed E-state index contributed by atoms with van der Waals surface area (Å²) in [7, 11) is 0. The molecule has 96 valence electrons. The quantitative estimate of drug-likeness (QED) is 0.571. The summed E-state index contributed by atoms with van der Waals surface area (Å²) in [6.45, 7) is 4.12. The normalized spacial score (nSPS) is 17.8. The SMILES string of the molecule is Cc1ccc(C2CC(=O)Oc3ccc(C)cc32)cc1. The van der Waals surface area contributed by atoms with Gasteiger partial charge in [0.25, 0.3) is 0 Å². The Labute approximate surface area is 113 Å². The topological polar surface area (TPSA) is 26.3 Å². The highest BCUT2D eigenvalue weighted by Crippen LogP contribution is 2.39. The van der Waals surface area contributed by atoms with Crippen molar-refractivity contribution < 1.29 is 9.53 Å². The molecule has 2 aromatic rings. The van der Waals surface area contributed by atoms with Gasteiger partial charge in [-0.3, -0.25) is 4.79 Å². The lowest BCUT2D eigenvalue weighted by atomic mass is 9.85. The molecule has 2 aromatic carbocycles. The first-order chi connectivity index (χ1) is 9.13. The molecule has 0 spiro atoms. The van der Waals surface area contributed by atoms with Crippen molar-refractivity contribution in [2.24, 2.45) is 0 Å². The van der Waals surface area contributed by atoms with E-state index in [9.17, 15) is 4.79 Å². The van der Waals surface area contributed by atoms with E-state index in [2.05, 4.69) is 44.2 Å². The molecule has 0 N–H and O–H groups in total. The summed E-state index contributed by atoms with van der Waals surface area (Å²) >= 11 is 0. The molecule has 2 nitrogen and oxygen atoms in total. The lowest BCUT2D eigenvalue weighted by Crippen LogP contribution is -2.21. The summed E-state index contributed by atoms with van der Waals surface area (Å²) in [5, 5.41) is 0. The average Bonchev–Trinajstić information content (AvgIpc) is 2.39. The van der Waals surface area contributed by atoms with Crippen LogP contribution in [-0.4, -0.2) is 5.97 Å². The van der Waals surface area contributed by atoms with E-state index in [1.165, 1.54) is 16.7 Å². The maximum atomic E-state index is 11.7. The molecule has 1 atom stereocenters. The summed E-state index contributed by atoms with van der Waals surface area (Å²) in [6, 6.07) is 14.4. The van der Waals surface area contributed by atoms with Crippen LogP contribution < -0.4 is 4.74 Å². The van der Waals surface area contributed by atoms with Gasteiger partial charge in [0.1, 0.15) is 5.75 Å². The molecule has 0 aromatic heterocycles. The fraction of sp³-hybridized carbons (Fsp3) is 0.235. The van der Waals surface area contributed by atoms with E-state index >= 15 is 0 Å². The third-order valence-electron chi connectivity index (χ3n) is 3.62. The highest BCUT2D eigenvalue weighted by Gasteiger charge is 2.28. The van der Waals surface area contributed by atoms with Gasteiger partial charge in [0.2, 0.25) is 0 Å². The number of hydrogen-bond donors (Lipinski definition) is 0. The minimum atomic E-state index is -0.151. The van der Waals surface area contributed by atoms with E-state index in [0.717, 1.165) is 5.56 Å². The van der Waals surface area contributed by atoms with Gasteiger partial charge in [0, 0.05) is 11.5 Å². The molecule has 0 bridgehead atoms. The molecule has 1 heterocycles. The molecule has 0 fully saturated rings. The summed E-state index contributed by atoms with van der Waals surface area (Å²) in [4.78, 5) is 11.7. The van der Waals surface area contributed by atoms with Crippen LogP contribution in [0.2, 0.25) is 0 Å². The van der Waals surface area contributed by atoms with Crippen LogP contribution in [0.4, 0.5) is 0 Å². The van der Waals surface area contributed by atoms with E-state index in [1.54, 1.807) is 0 Å². The van der Waals surface area contributed by atoms with Crippen LogP contribution >= 0.6 is 0 Å². The Kier molecular flexibility index (Phi) is 2.86. The standard InChI is InChI=1S/C17H16O2/c1-11-3-6-13(7-4-11)14-10-17(18)19-16-8-5-12(2)9-15(14)16/h3-9,14H,10H2,1-2H3. The zero-order valence-electron chi connectivity index (χ0n) is 11.1. The minimum Gasteiger partial charge on any atom is -0.426 e. The van der Waals surface area contributed by atoms with Crippen LogP contribution in [-0.2, 0) is 4.79 Å². The zero-order chi connectivity index (χ0) is 13.4. The number of hydrogen-bond acceptors (Lipinski definition) is 2. The van der Waals surface area contributed by atoms with Gasteiger partial charge in [-0.25, -0.2) is 0 Å². The monoisotopic (exact) mass is 252 g/mol. The Hall–Kier alpha value is -2.09. The van der Waals surface area contributed by atoms with Crippen LogP contribution in [0.5, 0.6) is 5.75 Å². The fourth-order valence-electron chi connectivity index (χ4n) is 2.57. The third-order valence-corrected chi connectivity index (χ3v) is 3.62. The molecular weight excluding hydrogens is 236 g/mol. The molecule has 0 saturated carbocycles. The van der Waals surface area contributed by atoms with Gasteiger partial charge in [-0.05, 0) is 25.5 Å². The molecule has 0 amide bonds. The maximum Gasteiger partial charge on any atom is 0.312 e. The third kappa shape index (κ3) is 2.26. The Morgan fingerprint density at radius 2 is 1.68 bits per heavy atom. The summed E-state index contributed by atoms with van der Waals surface area (Å²) in [5.41, 5.74) is 4.71. The summed E-state index contributed by atoms with van der Waals surface area (Å²) < 4.78 is 5.32.